The number of hydrogen-bond acceptors (Lipinski definition) is 10. The van der Waals surface area contributed by atoms with E-state index in [9.17, 15) is 16.8 Å². The average Bonchev–Trinajstić information content (AvgIpc) is 3.49. The molecule has 2 heterocycles. The minimum absolute atomic E-state index is 0.0493. The minimum Gasteiger partial charge on any atom is -0.491 e. The Hall–Kier alpha value is -3.78. The van der Waals surface area contributed by atoms with Crippen LogP contribution < -0.4 is 9.47 Å². The van der Waals surface area contributed by atoms with E-state index in [1.54, 1.807) is 24.3 Å². The molecule has 10 nitrogen and oxygen atoms in total. The van der Waals surface area contributed by atoms with Crippen LogP contribution in [0.25, 0.3) is 0 Å². The van der Waals surface area contributed by atoms with Gasteiger partial charge in [-0.25, -0.2) is 16.8 Å². The molecule has 2 N–H and O–H groups in total. The van der Waals surface area contributed by atoms with Crippen molar-refractivity contribution < 1.29 is 46.0 Å². The lowest BCUT2D eigenvalue weighted by Gasteiger charge is -2.34. The van der Waals surface area contributed by atoms with Gasteiger partial charge in [0.2, 0.25) is 0 Å². The van der Waals surface area contributed by atoms with Crippen LogP contribution in [0.1, 0.15) is 126 Å². The molecule has 4 aromatic carbocycles. The van der Waals surface area contributed by atoms with Crippen molar-refractivity contribution in [2.45, 2.75) is 114 Å². The van der Waals surface area contributed by atoms with Crippen molar-refractivity contribution in [3.8, 4) is 11.5 Å². The summed E-state index contributed by atoms with van der Waals surface area (Å²) in [4.78, 5) is 0.834. The SMILES string of the molecule is CCCC[C@@]1(CC)C[C@@H](c2ccccc2)c2cc(OCCOCCOCCOc3ccc4c(c3)[C@@H](c3ccccc3)C[C@@](CC)(CCCC)CS4(=O)=O)ccc2S(=O)(=O)C1.CO.CO. The number of benzene rings is 4. The van der Waals surface area contributed by atoms with Gasteiger partial charge in [-0.2, -0.15) is 0 Å². The molecule has 0 aliphatic carbocycles. The molecule has 6 rings (SSSR count). The van der Waals surface area contributed by atoms with Crippen molar-refractivity contribution in [2.75, 3.05) is 65.4 Å². The van der Waals surface area contributed by atoms with E-state index in [0.717, 1.165) is 101 Å². The third-order valence-corrected chi connectivity index (χ3v) is 17.1. The summed E-state index contributed by atoms with van der Waals surface area (Å²) < 4.78 is 79.5. The van der Waals surface area contributed by atoms with Crippen LogP contribution in [0.2, 0.25) is 0 Å². The number of aliphatic hydroxyl groups excluding tert-OH is 2. The van der Waals surface area contributed by atoms with Gasteiger partial charge in [0, 0.05) is 26.1 Å². The molecule has 0 radical (unpaired) electrons. The van der Waals surface area contributed by atoms with Crippen molar-refractivity contribution >= 4 is 19.7 Å². The Morgan fingerprint density at radius 3 is 1.22 bits per heavy atom. The van der Waals surface area contributed by atoms with Crippen LogP contribution in [0.15, 0.2) is 107 Å². The molecule has 0 spiro atoms. The van der Waals surface area contributed by atoms with Crippen LogP contribution in [-0.4, -0.2) is 92.4 Å². The Morgan fingerprint density at radius 1 is 0.516 bits per heavy atom. The maximum absolute atomic E-state index is 13.9. The number of hydrogen-bond donors (Lipinski definition) is 2. The fourth-order valence-corrected chi connectivity index (χ4v) is 14.1. The van der Waals surface area contributed by atoms with Gasteiger partial charge >= 0.3 is 0 Å². The van der Waals surface area contributed by atoms with Gasteiger partial charge in [0.05, 0.1) is 47.7 Å². The second-order valence-electron chi connectivity index (χ2n) is 17.1. The molecule has 0 aromatic heterocycles. The van der Waals surface area contributed by atoms with Crippen LogP contribution >= 0.6 is 0 Å². The fourth-order valence-electron chi connectivity index (χ4n) is 9.53. The molecule has 0 bridgehead atoms. The highest BCUT2D eigenvalue weighted by Gasteiger charge is 2.44. The first-order valence-corrected chi connectivity index (χ1v) is 26.4. The Morgan fingerprint density at radius 2 is 0.875 bits per heavy atom. The highest BCUT2D eigenvalue weighted by molar-refractivity contribution is 7.91. The largest absolute Gasteiger partial charge is 0.491 e. The monoisotopic (exact) mass is 922 g/mol. The zero-order chi connectivity index (χ0) is 46.6. The second kappa shape index (κ2) is 25.8. The molecular formula is C52H74O10S2. The molecule has 0 fully saturated rings. The van der Waals surface area contributed by atoms with Crippen LogP contribution in [0.4, 0.5) is 0 Å². The first-order valence-electron chi connectivity index (χ1n) is 23.1. The molecule has 64 heavy (non-hydrogen) atoms. The van der Waals surface area contributed by atoms with Gasteiger partial charge in [0.1, 0.15) is 24.7 Å². The topological polar surface area (TPSA) is 146 Å². The Kier molecular flexibility index (Phi) is 21.3. The smallest absolute Gasteiger partial charge is 0.179 e. The first kappa shape index (κ1) is 52.8. The van der Waals surface area contributed by atoms with Crippen LogP contribution in [-0.2, 0) is 29.1 Å². The summed E-state index contributed by atoms with van der Waals surface area (Å²) in [5.41, 5.74) is 3.31. The van der Waals surface area contributed by atoms with Gasteiger partial charge in [0.25, 0.3) is 0 Å². The van der Waals surface area contributed by atoms with E-state index in [0.29, 0.717) is 60.9 Å². The zero-order valence-corrected chi connectivity index (χ0v) is 40.7. The molecule has 0 amide bonds. The molecule has 354 valence electrons. The highest BCUT2D eigenvalue weighted by atomic mass is 32.2. The van der Waals surface area contributed by atoms with E-state index in [1.165, 1.54) is 0 Å². The Labute approximate surface area is 384 Å². The van der Waals surface area contributed by atoms with E-state index in [4.69, 9.17) is 29.2 Å². The quantitative estimate of drug-likeness (QED) is 0.0775. The van der Waals surface area contributed by atoms with E-state index >= 15 is 0 Å². The average molecular weight is 923 g/mol. The molecule has 2 aliphatic heterocycles. The lowest BCUT2D eigenvalue weighted by Crippen LogP contribution is -2.29. The van der Waals surface area contributed by atoms with E-state index < -0.39 is 19.7 Å². The van der Waals surface area contributed by atoms with Crippen molar-refractivity contribution in [3.63, 3.8) is 0 Å². The third-order valence-electron chi connectivity index (χ3n) is 13.0. The van der Waals surface area contributed by atoms with Crippen LogP contribution in [0.3, 0.4) is 0 Å². The third kappa shape index (κ3) is 13.9. The van der Waals surface area contributed by atoms with Gasteiger partial charge in [-0.1, -0.05) is 114 Å². The zero-order valence-electron chi connectivity index (χ0n) is 39.1. The predicted octanol–water partition coefficient (Wildman–Crippen LogP) is 10.2. The Bertz CT molecular complexity index is 2040. The lowest BCUT2D eigenvalue weighted by atomic mass is 9.71. The van der Waals surface area contributed by atoms with E-state index in [2.05, 4.69) is 52.0 Å². The summed E-state index contributed by atoms with van der Waals surface area (Å²) in [5.74, 6) is 1.50. The lowest BCUT2D eigenvalue weighted by molar-refractivity contribution is 0.0273. The minimum atomic E-state index is -3.50. The number of aliphatic hydroxyl groups is 2. The number of unbranched alkanes of at least 4 members (excludes halogenated alkanes) is 2. The number of rotatable bonds is 21. The Balaban J connectivity index is 0.00000218. The van der Waals surface area contributed by atoms with Gasteiger partial charge < -0.3 is 29.2 Å². The molecule has 0 unspecified atom stereocenters. The van der Waals surface area contributed by atoms with Gasteiger partial charge in [-0.15, -0.1) is 0 Å². The first-order chi connectivity index (χ1) is 31.0. The second-order valence-corrected chi connectivity index (χ2v) is 21.0. The number of fused-ring (bicyclic) bond motifs is 2. The predicted molar refractivity (Wildman–Crippen MR) is 256 cm³/mol. The van der Waals surface area contributed by atoms with Crippen molar-refractivity contribution in [1.29, 1.82) is 0 Å². The van der Waals surface area contributed by atoms with Crippen molar-refractivity contribution in [1.82, 2.24) is 0 Å². The standard InChI is InChI=1S/C50H66O8S2.2CH4O/c1-5-9-25-49(7-3)35-45(39-17-13-11-14-18-39)43-33-41(21-23-47(43)59(51,52)37-49)57-31-29-55-27-28-56-30-32-58-42-22-24-48-44(34-42)46(40-19-15-12-16-20-40)36-50(8-4,26-10-6-2)38-60(48,53)54;2*1-2/h11-24,33-34,45-46H,5-10,25-32,35-38H2,1-4H3;2*2H,1H3/t45-,46+,49-,50+;;. The summed E-state index contributed by atoms with van der Waals surface area (Å²) in [7, 11) is -5.00. The molecule has 4 aromatic rings. The molecule has 2 aliphatic rings. The van der Waals surface area contributed by atoms with Crippen molar-refractivity contribution in [3.05, 3.63) is 119 Å². The van der Waals surface area contributed by atoms with E-state index in [1.807, 2.05) is 48.5 Å². The summed E-state index contributed by atoms with van der Waals surface area (Å²) >= 11 is 0. The number of sulfone groups is 2. The van der Waals surface area contributed by atoms with Crippen LogP contribution in [0.5, 0.6) is 11.5 Å². The maximum atomic E-state index is 13.9. The van der Waals surface area contributed by atoms with Crippen molar-refractivity contribution in [2.24, 2.45) is 10.8 Å². The maximum Gasteiger partial charge on any atom is 0.179 e. The van der Waals surface area contributed by atoms with E-state index in [-0.39, 0.29) is 34.2 Å². The fraction of sp³-hybridized carbons (Fsp3) is 0.538. The normalized spacial score (nSPS) is 21.9. The summed E-state index contributed by atoms with van der Waals surface area (Å²) in [6.07, 6.45) is 9.07. The summed E-state index contributed by atoms with van der Waals surface area (Å²) in [6.45, 7) is 10.7. The molecule has 0 saturated carbocycles. The molecule has 4 atom stereocenters. The highest BCUT2D eigenvalue weighted by Crippen LogP contribution is 2.50. The van der Waals surface area contributed by atoms with Crippen LogP contribution in [0, 0.1) is 10.8 Å². The summed E-state index contributed by atoms with van der Waals surface area (Å²) in [6, 6.07) is 31.4. The van der Waals surface area contributed by atoms with Gasteiger partial charge in [-0.05, 0) is 108 Å². The molecular weight excluding hydrogens is 849 g/mol. The van der Waals surface area contributed by atoms with Gasteiger partial charge in [0.15, 0.2) is 19.7 Å². The van der Waals surface area contributed by atoms with Gasteiger partial charge in [-0.3, -0.25) is 0 Å². The molecule has 12 heteroatoms. The number of ether oxygens (including phenoxy) is 4. The summed E-state index contributed by atoms with van der Waals surface area (Å²) in [5, 5.41) is 14.0. The molecule has 0 saturated heterocycles.